The lowest BCUT2D eigenvalue weighted by atomic mass is 10.2. The lowest BCUT2D eigenvalue weighted by Gasteiger charge is -2.34. The number of aromatic nitrogens is 1. The number of pyridine rings is 1. The van der Waals surface area contributed by atoms with Crippen LogP contribution in [0.2, 0.25) is 0 Å². The van der Waals surface area contributed by atoms with Gasteiger partial charge in [-0.1, -0.05) is 0 Å². The molecule has 1 aromatic heterocycles. The Bertz CT molecular complexity index is 496. The maximum absolute atomic E-state index is 12.5. The van der Waals surface area contributed by atoms with E-state index in [4.69, 9.17) is 4.74 Å². The van der Waals surface area contributed by atoms with Crippen molar-refractivity contribution in [3.05, 3.63) is 23.9 Å². The van der Waals surface area contributed by atoms with E-state index in [1.165, 1.54) is 0 Å². The molecule has 1 aromatic rings. The minimum Gasteiger partial charge on any atom is -0.477 e. The van der Waals surface area contributed by atoms with E-state index in [0.29, 0.717) is 44.2 Å². The van der Waals surface area contributed by atoms with E-state index in [1.807, 2.05) is 6.92 Å². The Balaban J connectivity index is 2.07. The van der Waals surface area contributed by atoms with E-state index < -0.39 is 0 Å². The summed E-state index contributed by atoms with van der Waals surface area (Å²) >= 11 is 0. The molecule has 2 rings (SSSR count). The van der Waals surface area contributed by atoms with Crippen LogP contribution >= 0.6 is 0 Å². The van der Waals surface area contributed by atoms with Crippen molar-refractivity contribution in [3.63, 3.8) is 0 Å². The van der Waals surface area contributed by atoms with Gasteiger partial charge < -0.3 is 14.5 Å². The quantitative estimate of drug-likeness (QED) is 0.819. The third kappa shape index (κ3) is 3.07. The van der Waals surface area contributed by atoms with Crippen molar-refractivity contribution < 1.29 is 14.3 Å². The van der Waals surface area contributed by atoms with Crippen LogP contribution in [0.4, 0.5) is 0 Å². The summed E-state index contributed by atoms with van der Waals surface area (Å²) in [4.78, 5) is 31.3. The number of hydrogen-bond donors (Lipinski definition) is 0. The van der Waals surface area contributed by atoms with Crippen molar-refractivity contribution in [1.82, 2.24) is 14.8 Å². The Hall–Kier alpha value is -2.11. The van der Waals surface area contributed by atoms with Gasteiger partial charge in [-0.15, -0.1) is 0 Å². The first-order valence-electron chi connectivity index (χ1n) is 6.76. The van der Waals surface area contributed by atoms with Gasteiger partial charge in [0.1, 0.15) is 5.56 Å². The van der Waals surface area contributed by atoms with Gasteiger partial charge in [-0.25, -0.2) is 4.98 Å². The fraction of sp³-hybridized carbons (Fsp3) is 0.500. The minimum absolute atomic E-state index is 0.0495. The first-order valence-corrected chi connectivity index (χ1v) is 6.76. The summed E-state index contributed by atoms with van der Waals surface area (Å²) < 4.78 is 5.39. The molecule has 2 amide bonds. The molecule has 0 atom stereocenters. The van der Waals surface area contributed by atoms with E-state index in [-0.39, 0.29) is 11.8 Å². The van der Waals surface area contributed by atoms with Gasteiger partial charge in [0, 0.05) is 39.3 Å². The third-order valence-electron chi connectivity index (χ3n) is 3.29. The summed E-state index contributed by atoms with van der Waals surface area (Å²) in [5.74, 6) is 0.326. The van der Waals surface area contributed by atoms with E-state index >= 15 is 0 Å². The molecule has 0 bridgehead atoms. The highest BCUT2D eigenvalue weighted by atomic mass is 16.5. The number of carbonyl (C=O) groups is 2. The standard InChI is InChI=1S/C14H19N3O3/c1-3-20-13-12(5-4-6-15-13)14(19)17-9-7-16(8-10-17)11(2)18/h4-6H,3,7-10H2,1-2H3. The highest BCUT2D eigenvalue weighted by Gasteiger charge is 2.25. The molecule has 0 saturated carbocycles. The number of rotatable bonds is 3. The van der Waals surface area contributed by atoms with Gasteiger partial charge >= 0.3 is 0 Å². The summed E-state index contributed by atoms with van der Waals surface area (Å²) in [6.45, 7) is 6.10. The second kappa shape index (κ2) is 6.36. The molecule has 0 N–H and O–H groups in total. The van der Waals surface area contributed by atoms with Crippen LogP contribution in [0.25, 0.3) is 0 Å². The van der Waals surface area contributed by atoms with Crippen LogP contribution in [0, 0.1) is 0 Å². The van der Waals surface area contributed by atoms with Gasteiger partial charge in [-0.3, -0.25) is 9.59 Å². The van der Waals surface area contributed by atoms with E-state index in [1.54, 1.807) is 35.1 Å². The summed E-state index contributed by atoms with van der Waals surface area (Å²) in [7, 11) is 0. The predicted molar refractivity (Wildman–Crippen MR) is 73.6 cm³/mol. The molecule has 0 unspecified atom stereocenters. The molecular weight excluding hydrogens is 258 g/mol. The van der Waals surface area contributed by atoms with Crippen molar-refractivity contribution in [3.8, 4) is 5.88 Å². The molecule has 0 radical (unpaired) electrons. The number of piperazine rings is 1. The number of amides is 2. The molecule has 0 aliphatic carbocycles. The van der Waals surface area contributed by atoms with Gasteiger partial charge in [0.25, 0.3) is 5.91 Å². The smallest absolute Gasteiger partial charge is 0.259 e. The number of hydrogen-bond acceptors (Lipinski definition) is 4. The fourth-order valence-corrected chi connectivity index (χ4v) is 2.20. The molecule has 2 heterocycles. The Kier molecular flexibility index (Phi) is 4.55. The summed E-state index contributed by atoms with van der Waals surface area (Å²) in [6, 6.07) is 3.44. The van der Waals surface area contributed by atoms with Gasteiger partial charge in [0.05, 0.1) is 6.61 Å². The molecule has 1 saturated heterocycles. The molecule has 6 heteroatoms. The molecule has 0 aromatic carbocycles. The minimum atomic E-state index is -0.0928. The van der Waals surface area contributed by atoms with Gasteiger partial charge in [-0.05, 0) is 19.1 Å². The zero-order valence-corrected chi connectivity index (χ0v) is 11.8. The second-order valence-electron chi connectivity index (χ2n) is 4.59. The summed E-state index contributed by atoms with van der Waals surface area (Å²) in [6.07, 6.45) is 1.61. The zero-order chi connectivity index (χ0) is 14.5. The highest BCUT2D eigenvalue weighted by Crippen LogP contribution is 2.17. The van der Waals surface area contributed by atoms with Crippen LogP contribution in [-0.2, 0) is 4.79 Å². The monoisotopic (exact) mass is 277 g/mol. The maximum atomic E-state index is 12.5. The number of carbonyl (C=O) groups excluding carboxylic acids is 2. The topological polar surface area (TPSA) is 62.7 Å². The molecule has 6 nitrogen and oxygen atoms in total. The molecule has 0 spiro atoms. The third-order valence-corrected chi connectivity index (χ3v) is 3.29. The van der Waals surface area contributed by atoms with Crippen LogP contribution in [0.5, 0.6) is 5.88 Å². The lowest BCUT2D eigenvalue weighted by molar-refractivity contribution is -0.130. The Morgan fingerprint density at radius 3 is 2.50 bits per heavy atom. The molecular formula is C14H19N3O3. The fourth-order valence-electron chi connectivity index (χ4n) is 2.20. The molecule has 1 aliphatic rings. The van der Waals surface area contributed by atoms with Crippen molar-refractivity contribution in [2.24, 2.45) is 0 Å². The lowest BCUT2D eigenvalue weighted by Crippen LogP contribution is -2.50. The summed E-state index contributed by atoms with van der Waals surface area (Å²) in [5.41, 5.74) is 0.477. The van der Waals surface area contributed by atoms with Crippen molar-refractivity contribution in [1.29, 1.82) is 0 Å². The van der Waals surface area contributed by atoms with E-state index in [0.717, 1.165) is 0 Å². The predicted octanol–water partition coefficient (Wildman–Crippen LogP) is 0.785. The Labute approximate surface area is 118 Å². The number of ether oxygens (including phenoxy) is 1. The van der Waals surface area contributed by atoms with Crippen LogP contribution in [0.1, 0.15) is 24.2 Å². The Morgan fingerprint density at radius 1 is 1.25 bits per heavy atom. The molecule has 20 heavy (non-hydrogen) atoms. The van der Waals surface area contributed by atoms with Gasteiger partial charge in [0.2, 0.25) is 11.8 Å². The van der Waals surface area contributed by atoms with E-state index in [2.05, 4.69) is 4.98 Å². The molecule has 108 valence electrons. The highest BCUT2D eigenvalue weighted by molar-refractivity contribution is 5.96. The Morgan fingerprint density at radius 2 is 1.90 bits per heavy atom. The van der Waals surface area contributed by atoms with E-state index in [9.17, 15) is 9.59 Å². The van der Waals surface area contributed by atoms with Gasteiger partial charge in [0.15, 0.2) is 0 Å². The first kappa shape index (κ1) is 14.3. The van der Waals surface area contributed by atoms with Crippen LogP contribution in [0.15, 0.2) is 18.3 Å². The second-order valence-corrected chi connectivity index (χ2v) is 4.59. The SMILES string of the molecule is CCOc1ncccc1C(=O)N1CCN(C(C)=O)CC1. The average Bonchev–Trinajstić information content (AvgIpc) is 2.47. The molecule has 1 fully saturated rings. The van der Waals surface area contributed by atoms with Crippen LogP contribution in [-0.4, -0.2) is 59.4 Å². The average molecular weight is 277 g/mol. The van der Waals surface area contributed by atoms with Crippen LogP contribution < -0.4 is 4.74 Å². The molecule has 1 aliphatic heterocycles. The first-order chi connectivity index (χ1) is 9.63. The van der Waals surface area contributed by atoms with Crippen molar-refractivity contribution in [2.75, 3.05) is 32.8 Å². The normalized spacial score (nSPS) is 15.1. The van der Waals surface area contributed by atoms with Gasteiger partial charge in [-0.2, -0.15) is 0 Å². The van der Waals surface area contributed by atoms with Crippen LogP contribution in [0.3, 0.4) is 0 Å². The number of nitrogens with zero attached hydrogens (tertiary/aromatic N) is 3. The largest absolute Gasteiger partial charge is 0.477 e. The maximum Gasteiger partial charge on any atom is 0.259 e. The zero-order valence-electron chi connectivity index (χ0n) is 11.8. The van der Waals surface area contributed by atoms with Crippen molar-refractivity contribution >= 4 is 11.8 Å². The van der Waals surface area contributed by atoms with Crippen molar-refractivity contribution in [2.45, 2.75) is 13.8 Å². The summed E-state index contributed by atoms with van der Waals surface area (Å²) in [5, 5.41) is 0.